The van der Waals surface area contributed by atoms with E-state index in [-0.39, 0.29) is 6.61 Å². The van der Waals surface area contributed by atoms with Gasteiger partial charge in [0.1, 0.15) is 24.2 Å². The lowest BCUT2D eigenvalue weighted by molar-refractivity contribution is -0.194. The third-order valence-corrected chi connectivity index (χ3v) is 2.45. The highest BCUT2D eigenvalue weighted by Crippen LogP contribution is 2.40. The second-order valence-electron chi connectivity index (χ2n) is 3.31. The highest BCUT2D eigenvalue weighted by atomic mass is 19.4. The van der Waals surface area contributed by atoms with E-state index in [1.807, 2.05) is 0 Å². The van der Waals surface area contributed by atoms with Gasteiger partial charge >= 0.3 is 6.18 Å². The van der Waals surface area contributed by atoms with Crippen LogP contribution in [0.15, 0.2) is 0 Å². The zero-order valence-corrected chi connectivity index (χ0v) is 6.62. The molecule has 0 aromatic heterocycles. The Hall–Kier alpha value is -0.330. The summed E-state index contributed by atoms with van der Waals surface area (Å²) in [5.74, 6) is -1.59. The molecule has 0 unspecified atom stereocenters. The van der Waals surface area contributed by atoms with E-state index >= 15 is 0 Å². The highest BCUT2D eigenvalue weighted by molar-refractivity contribution is 4.96. The Morgan fingerprint density at radius 3 is 2.31 bits per heavy atom. The molecule has 0 saturated carbocycles. The van der Waals surface area contributed by atoms with Crippen molar-refractivity contribution in [2.24, 2.45) is 5.92 Å². The van der Waals surface area contributed by atoms with Crippen LogP contribution in [0.2, 0.25) is 0 Å². The van der Waals surface area contributed by atoms with E-state index in [1.54, 1.807) is 0 Å². The third kappa shape index (κ3) is 1.43. The van der Waals surface area contributed by atoms with Crippen LogP contribution in [-0.4, -0.2) is 42.8 Å². The van der Waals surface area contributed by atoms with Crippen molar-refractivity contribution in [2.75, 3.05) is 13.2 Å². The minimum atomic E-state index is -4.30. The maximum Gasteiger partial charge on any atom is 0.396 e. The van der Waals surface area contributed by atoms with E-state index in [2.05, 4.69) is 0 Å². The first-order valence-electron chi connectivity index (χ1n) is 3.98. The van der Waals surface area contributed by atoms with Crippen molar-refractivity contribution in [3.8, 4) is 0 Å². The predicted molar refractivity (Wildman–Crippen MR) is 35.0 cm³/mol. The normalized spacial score (nSPS) is 45.2. The summed E-state index contributed by atoms with van der Waals surface area (Å²) >= 11 is 0. The molecule has 2 fully saturated rings. The Morgan fingerprint density at radius 1 is 1.08 bits per heavy atom. The molecule has 76 valence electrons. The number of hydrogen-bond acceptors (Lipinski definition) is 3. The van der Waals surface area contributed by atoms with Gasteiger partial charge in [-0.2, -0.15) is 13.2 Å². The molecule has 2 aliphatic heterocycles. The Labute approximate surface area is 72.4 Å². The van der Waals surface area contributed by atoms with Crippen molar-refractivity contribution in [3.05, 3.63) is 0 Å². The van der Waals surface area contributed by atoms with Crippen molar-refractivity contribution < 1.29 is 27.8 Å². The first-order chi connectivity index (χ1) is 6.00. The van der Waals surface area contributed by atoms with Crippen molar-refractivity contribution in [3.63, 3.8) is 0 Å². The number of halogens is 3. The molecule has 1 N–H and O–H groups in total. The number of aliphatic hydroxyl groups excluding tert-OH is 1. The summed E-state index contributed by atoms with van der Waals surface area (Å²) in [6.45, 7) is -0.474. The fourth-order valence-electron chi connectivity index (χ4n) is 1.76. The monoisotopic (exact) mass is 198 g/mol. The van der Waals surface area contributed by atoms with Crippen molar-refractivity contribution in [1.82, 2.24) is 0 Å². The van der Waals surface area contributed by atoms with Crippen LogP contribution < -0.4 is 0 Å². The Balaban J connectivity index is 2.11. The molecular formula is C7H9F3O3. The summed E-state index contributed by atoms with van der Waals surface area (Å²) in [4.78, 5) is 0. The maximum absolute atomic E-state index is 12.3. The molecule has 0 bridgehead atoms. The zero-order chi connectivity index (χ0) is 9.64. The van der Waals surface area contributed by atoms with E-state index < -0.39 is 37.0 Å². The predicted octanol–water partition coefficient (Wildman–Crippen LogP) is 0.323. The van der Waals surface area contributed by atoms with Crippen LogP contribution >= 0.6 is 0 Å². The standard InChI is InChI=1S/C7H9F3O3/c8-7(9,10)3-1-12-6-4(11)2-13-5(3)6/h3-6,11H,1-2H2/t3-,4-,5-,6+/m0/s1. The molecule has 13 heavy (non-hydrogen) atoms. The number of rotatable bonds is 0. The molecule has 4 atom stereocenters. The number of ether oxygens (including phenoxy) is 2. The summed E-state index contributed by atoms with van der Waals surface area (Å²) in [6, 6.07) is 0. The van der Waals surface area contributed by atoms with Gasteiger partial charge in [0, 0.05) is 0 Å². The van der Waals surface area contributed by atoms with Crippen molar-refractivity contribution in [2.45, 2.75) is 24.5 Å². The molecule has 2 heterocycles. The van der Waals surface area contributed by atoms with Gasteiger partial charge in [-0.15, -0.1) is 0 Å². The largest absolute Gasteiger partial charge is 0.396 e. The van der Waals surface area contributed by atoms with Gasteiger partial charge in [0.25, 0.3) is 0 Å². The average Bonchev–Trinajstić information content (AvgIpc) is 2.51. The highest BCUT2D eigenvalue weighted by Gasteiger charge is 2.57. The molecule has 2 saturated heterocycles. The molecule has 0 radical (unpaired) electrons. The van der Waals surface area contributed by atoms with Crippen molar-refractivity contribution >= 4 is 0 Å². The molecule has 0 aromatic rings. The van der Waals surface area contributed by atoms with Gasteiger partial charge in [0.15, 0.2) is 0 Å². The van der Waals surface area contributed by atoms with Gasteiger partial charge in [-0.1, -0.05) is 0 Å². The first kappa shape index (κ1) is 9.23. The van der Waals surface area contributed by atoms with Gasteiger partial charge in [0.2, 0.25) is 0 Å². The molecule has 0 amide bonds. The van der Waals surface area contributed by atoms with Crippen LogP contribution in [0, 0.1) is 5.92 Å². The van der Waals surface area contributed by atoms with Gasteiger partial charge in [-0.05, 0) is 0 Å². The smallest absolute Gasteiger partial charge is 0.388 e. The van der Waals surface area contributed by atoms with E-state index in [0.717, 1.165) is 0 Å². The van der Waals surface area contributed by atoms with Crippen LogP contribution in [0.4, 0.5) is 13.2 Å². The van der Waals surface area contributed by atoms with E-state index in [0.29, 0.717) is 0 Å². The molecule has 2 aliphatic rings. The maximum atomic E-state index is 12.3. The number of alkyl halides is 3. The lowest BCUT2D eigenvalue weighted by Crippen LogP contribution is -2.36. The average molecular weight is 198 g/mol. The lowest BCUT2D eigenvalue weighted by atomic mass is 10.0. The molecule has 0 spiro atoms. The summed E-state index contributed by atoms with van der Waals surface area (Å²) in [5.41, 5.74) is 0. The lowest BCUT2D eigenvalue weighted by Gasteiger charge is -2.18. The minimum absolute atomic E-state index is 0.0675. The molecule has 3 nitrogen and oxygen atoms in total. The summed E-state index contributed by atoms with van der Waals surface area (Å²) in [6.07, 6.45) is -7.04. The SMILES string of the molecule is O[C@H]1CO[C@@H]2[C@@H]1OC[C@@H]2C(F)(F)F. The second-order valence-corrected chi connectivity index (χ2v) is 3.31. The zero-order valence-electron chi connectivity index (χ0n) is 6.62. The number of aliphatic hydroxyl groups is 1. The summed E-state index contributed by atoms with van der Waals surface area (Å²) < 4.78 is 46.5. The summed E-state index contributed by atoms with van der Waals surface area (Å²) in [7, 11) is 0. The Bertz CT molecular complexity index is 206. The fraction of sp³-hybridized carbons (Fsp3) is 1.00. The molecule has 0 aromatic carbocycles. The quantitative estimate of drug-likeness (QED) is 0.609. The van der Waals surface area contributed by atoms with Gasteiger partial charge in [-0.25, -0.2) is 0 Å². The Kier molecular flexibility index (Phi) is 2.01. The topological polar surface area (TPSA) is 38.7 Å². The van der Waals surface area contributed by atoms with Gasteiger partial charge < -0.3 is 14.6 Å². The first-order valence-corrected chi connectivity index (χ1v) is 3.98. The van der Waals surface area contributed by atoms with Crippen LogP contribution in [0.5, 0.6) is 0 Å². The van der Waals surface area contributed by atoms with Gasteiger partial charge in [-0.3, -0.25) is 0 Å². The van der Waals surface area contributed by atoms with E-state index in [1.165, 1.54) is 0 Å². The van der Waals surface area contributed by atoms with Gasteiger partial charge in [0.05, 0.1) is 13.2 Å². The Morgan fingerprint density at radius 2 is 1.69 bits per heavy atom. The second kappa shape index (κ2) is 2.83. The summed E-state index contributed by atoms with van der Waals surface area (Å²) in [5, 5.41) is 9.17. The molecule has 0 aliphatic carbocycles. The van der Waals surface area contributed by atoms with Crippen LogP contribution in [-0.2, 0) is 9.47 Å². The van der Waals surface area contributed by atoms with E-state index in [4.69, 9.17) is 14.6 Å². The number of hydrogen-bond donors (Lipinski definition) is 1. The minimum Gasteiger partial charge on any atom is -0.388 e. The molecule has 6 heteroatoms. The van der Waals surface area contributed by atoms with E-state index in [9.17, 15) is 13.2 Å². The molecular weight excluding hydrogens is 189 g/mol. The fourth-order valence-corrected chi connectivity index (χ4v) is 1.76. The van der Waals surface area contributed by atoms with Crippen LogP contribution in [0.25, 0.3) is 0 Å². The van der Waals surface area contributed by atoms with Crippen LogP contribution in [0.1, 0.15) is 0 Å². The third-order valence-electron chi connectivity index (χ3n) is 2.45. The van der Waals surface area contributed by atoms with Crippen LogP contribution in [0.3, 0.4) is 0 Å². The van der Waals surface area contributed by atoms with Crippen molar-refractivity contribution in [1.29, 1.82) is 0 Å². The molecule has 2 rings (SSSR count). The number of fused-ring (bicyclic) bond motifs is 1.